The second-order valence-corrected chi connectivity index (χ2v) is 5.88. The summed E-state index contributed by atoms with van der Waals surface area (Å²) in [5, 5.41) is 3.29. The van der Waals surface area contributed by atoms with Gasteiger partial charge in [-0.15, -0.1) is 0 Å². The lowest BCUT2D eigenvalue weighted by Gasteiger charge is -2.37. The van der Waals surface area contributed by atoms with E-state index in [2.05, 4.69) is 17.2 Å². The smallest absolute Gasteiger partial charge is 0.231 e. The number of nitrogens with one attached hydrogen (secondary N) is 1. The Balaban J connectivity index is 2.09. The van der Waals surface area contributed by atoms with E-state index in [1.165, 1.54) is 0 Å². The van der Waals surface area contributed by atoms with Gasteiger partial charge < -0.3 is 11.1 Å². The number of halogens is 1. The second-order valence-electron chi connectivity index (χ2n) is 5.49. The molecule has 5 heteroatoms. The van der Waals surface area contributed by atoms with Crippen molar-refractivity contribution in [1.29, 1.82) is 0 Å². The molecule has 1 fully saturated rings. The van der Waals surface area contributed by atoms with E-state index in [1.807, 2.05) is 0 Å². The fourth-order valence-corrected chi connectivity index (χ4v) is 2.76. The molecule has 3 N–H and O–H groups in total. The molecule has 1 aliphatic carbocycles. The van der Waals surface area contributed by atoms with Crippen LogP contribution in [0, 0.1) is 11.3 Å². The van der Waals surface area contributed by atoms with Crippen molar-refractivity contribution >= 4 is 23.2 Å². The Morgan fingerprint density at radius 2 is 2.26 bits per heavy atom. The van der Waals surface area contributed by atoms with Crippen LogP contribution in [0.15, 0.2) is 18.3 Å². The molecule has 0 aliphatic heterocycles. The van der Waals surface area contributed by atoms with Gasteiger partial charge in [0.05, 0.1) is 5.41 Å². The minimum absolute atomic E-state index is 0.00386. The maximum Gasteiger partial charge on any atom is 0.231 e. The molecule has 104 valence electrons. The Hall–Kier alpha value is -1.13. The SMILES string of the molecule is CC1CCC(CN)(C(=O)Nc2ccnc(Cl)c2)CC1. The molecule has 0 spiro atoms. The molecule has 1 aromatic rings. The van der Waals surface area contributed by atoms with E-state index in [0.29, 0.717) is 23.3 Å². The zero-order valence-electron chi connectivity index (χ0n) is 11.2. The molecule has 1 heterocycles. The highest BCUT2D eigenvalue weighted by Gasteiger charge is 2.39. The number of pyridine rings is 1. The first-order valence-corrected chi connectivity index (χ1v) is 7.06. The van der Waals surface area contributed by atoms with E-state index >= 15 is 0 Å². The maximum atomic E-state index is 12.5. The molecular formula is C14H20ClN3O. The first kappa shape index (κ1) is 14.3. The van der Waals surface area contributed by atoms with Gasteiger partial charge in [-0.25, -0.2) is 4.98 Å². The zero-order chi connectivity index (χ0) is 13.9. The normalized spacial score (nSPS) is 27.0. The molecule has 0 radical (unpaired) electrons. The maximum absolute atomic E-state index is 12.5. The summed E-state index contributed by atoms with van der Waals surface area (Å²) in [6.45, 7) is 2.62. The number of nitrogens with zero attached hydrogens (tertiary/aromatic N) is 1. The quantitative estimate of drug-likeness (QED) is 0.837. The molecular weight excluding hydrogens is 262 g/mol. The van der Waals surface area contributed by atoms with Gasteiger partial charge in [0.15, 0.2) is 0 Å². The van der Waals surface area contributed by atoms with Crippen molar-refractivity contribution in [1.82, 2.24) is 4.98 Å². The number of aromatic nitrogens is 1. The standard InChI is InChI=1S/C14H20ClN3O/c1-10-2-5-14(9-16,6-3-10)13(19)18-11-4-7-17-12(15)8-11/h4,7-8,10H,2-3,5-6,9,16H2,1H3,(H,17,18,19). The van der Waals surface area contributed by atoms with Crippen LogP contribution in [0.4, 0.5) is 5.69 Å². The number of rotatable bonds is 3. The molecule has 1 aromatic heterocycles. The van der Waals surface area contributed by atoms with Gasteiger partial charge in [0, 0.05) is 18.4 Å². The minimum atomic E-state index is -0.428. The molecule has 0 aromatic carbocycles. The van der Waals surface area contributed by atoms with Crippen LogP contribution in [0.1, 0.15) is 32.6 Å². The van der Waals surface area contributed by atoms with Gasteiger partial charge in [0.2, 0.25) is 5.91 Å². The van der Waals surface area contributed by atoms with E-state index in [1.54, 1.807) is 18.3 Å². The van der Waals surface area contributed by atoms with E-state index < -0.39 is 5.41 Å². The molecule has 0 saturated heterocycles. The molecule has 4 nitrogen and oxygen atoms in total. The number of hydrogen-bond donors (Lipinski definition) is 2. The van der Waals surface area contributed by atoms with Gasteiger partial charge in [-0.1, -0.05) is 18.5 Å². The Labute approximate surface area is 118 Å². The Morgan fingerprint density at radius 3 is 2.84 bits per heavy atom. The van der Waals surface area contributed by atoms with Gasteiger partial charge in [0.25, 0.3) is 0 Å². The van der Waals surface area contributed by atoms with Gasteiger partial charge >= 0.3 is 0 Å². The number of amides is 1. The summed E-state index contributed by atoms with van der Waals surface area (Å²) in [5.74, 6) is 0.687. The topological polar surface area (TPSA) is 68.0 Å². The predicted octanol–water partition coefficient (Wildman–Crippen LogP) is 2.83. The third-order valence-electron chi connectivity index (χ3n) is 4.09. The van der Waals surface area contributed by atoms with Gasteiger partial charge in [-0.3, -0.25) is 4.79 Å². The summed E-state index contributed by atoms with van der Waals surface area (Å²) >= 11 is 5.81. The monoisotopic (exact) mass is 281 g/mol. The Bertz CT molecular complexity index is 456. The summed E-state index contributed by atoms with van der Waals surface area (Å²) in [6.07, 6.45) is 5.41. The molecule has 0 atom stereocenters. The summed E-state index contributed by atoms with van der Waals surface area (Å²) in [4.78, 5) is 16.4. The van der Waals surface area contributed by atoms with Crippen LogP contribution in [0.3, 0.4) is 0 Å². The van der Waals surface area contributed by atoms with Gasteiger partial charge in [0.1, 0.15) is 5.15 Å². The number of carbonyl (C=O) groups excluding carboxylic acids is 1. The second kappa shape index (κ2) is 5.88. The summed E-state index contributed by atoms with van der Waals surface area (Å²) in [6, 6.07) is 3.38. The van der Waals surface area contributed by atoms with Crippen LogP contribution < -0.4 is 11.1 Å². The van der Waals surface area contributed by atoms with Crippen molar-refractivity contribution in [2.75, 3.05) is 11.9 Å². The molecule has 0 bridgehead atoms. The van der Waals surface area contributed by atoms with Gasteiger partial charge in [-0.05, 0) is 43.7 Å². The first-order chi connectivity index (χ1) is 9.05. The van der Waals surface area contributed by atoms with Crippen molar-refractivity contribution in [3.8, 4) is 0 Å². The summed E-state index contributed by atoms with van der Waals surface area (Å²) in [5.41, 5.74) is 6.12. The molecule has 0 unspecified atom stereocenters. The van der Waals surface area contributed by atoms with Crippen molar-refractivity contribution in [2.45, 2.75) is 32.6 Å². The van der Waals surface area contributed by atoms with Crippen LogP contribution in [-0.2, 0) is 4.79 Å². The lowest BCUT2D eigenvalue weighted by Crippen LogP contribution is -2.44. The van der Waals surface area contributed by atoms with Crippen LogP contribution in [-0.4, -0.2) is 17.4 Å². The molecule has 1 aliphatic rings. The van der Waals surface area contributed by atoms with Gasteiger partial charge in [-0.2, -0.15) is 0 Å². The summed E-state index contributed by atoms with van der Waals surface area (Å²) in [7, 11) is 0. The minimum Gasteiger partial charge on any atom is -0.329 e. The van der Waals surface area contributed by atoms with E-state index in [4.69, 9.17) is 17.3 Å². The fourth-order valence-electron chi connectivity index (χ4n) is 2.58. The number of carbonyl (C=O) groups is 1. The number of anilines is 1. The summed E-state index contributed by atoms with van der Waals surface area (Å²) < 4.78 is 0. The van der Waals surface area contributed by atoms with Crippen molar-refractivity contribution in [3.63, 3.8) is 0 Å². The third kappa shape index (κ3) is 3.25. The lowest BCUT2D eigenvalue weighted by atomic mass is 9.70. The first-order valence-electron chi connectivity index (χ1n) is 6.69. The lowest BCUT2D eigenvalue weighted by molar-refractivity contribution is -0.127. The Morgan fingerprint density at radius 1 is 1.58 bits per heavy atom. The highest BCUT2D eigenvalue weighted by molar-refractivity contribution is 6.29. The van der Waals surface area contributed by atoms with Crippen molar-refractivity contribution < 1.29 is 4.79 Å². The van der Waals surface area contributed by atoms with E-state index in [-0.39, 0.29) is 5.91 Å². The third-order valence-corrected chi connectivity index (χ3v) is 4.29. The predicted molar refractivity (Wildman–Crippen MR) is 77.0 cm³/mol. The average Bonchev–Trinajstić information content (AvgIpc) is 2.40. The van der Waals surface area contributed by atoms with E-state index in [9.17, 15) is 4.79 Å². The molecule has 2 rings (SSSR count). The Kier molecular flexibility index (Phi) is 4.42. The van der Waals surface area contributed by atoms with Crippen LogP contribution in [0.25, 0.3) is 0 Å². The van der Waals surface area contributed by atoms with Crippen LogP contribution >= 0.6 is 11.6 Å². The van der Waals surface area contributed by atoms with Crippen LogP contribution in [0.5, 0.6) is 0 Å². The molecule has 19 heavy (non-hydrogen) atoms. The van der Waals surface area contributed by atoms with E-state index in [0.717, 1.165) is 25.7 Å². The largest absolute Gasteiger partial charge is 0.329 e. The fraction of sp³-hybridized carbons (Fsp3) is 0.571. The molecule has 1 saturated carbocycles. The highest BCUT2D eigenvalue weighted by Crippen LogP contribution is 2.39. The molecule has 1 amide bonds. The van der Waals surface area contributed by atoms with Crippen LogP contribution in [0.2, 0.25) is 5.15 Å². The van der Waals surface area contributed by atoms with Crippen molar-refractivity contribution in [3.05, 3.63) is 23.5 Å². The zero-order valence-corrected chi connectivity index (χ0v) is 11.9. The number of nitrogens with two attached hydrogens (primary N) is 1. The van der Waals surface area contributed by atoms with Crippen molar-refractivity contribution in [2.24, 2.45) is 17.1 Å². The number of hydrogen-bond acceptors (Lipinski definition) is 3. The average molecular weight is 282 g/mol. The highest BCUT2D eigenvalue weighted by atomic mass is 35.5.